The van der Waals surface area contributed by atoms with E-state index in [9.17, 15) is 0 Å². The Hall–Kier alpha value is -1.03. The van der Waals surface area contributed by atoms with Crippen LogP contribution in [-0.4, -0.2) is 21.4 Å². The molecule has 1 saturated carbocycles. The van der Waals surface area contributed by atoms with Gasteiger partial charge in [-0.05, 0) is 37.0 Å². The molecular weight excluding hydrogens is 242 g/mol. The Morgan fingerprint density at radius 2 is 2.28 bits per heavy atom. The topological polar surface area (TPSA) is 37.3 Å². The van der Waals surface area contributed by atoms with Crippen LogP contribution in [0.4, 0.5) is 0 Å². The Balaban J connectivity index is 1.66. The number of hydrogen-bond acceptors (Lipinski definition) is 3. The van der Waals surface area contributed by atoms with Crippen molar-refractivity contribution in [1.82, 2.24) is 10.3 Å². The molecule has 0 atom stereocenters. The van der Waals surface area contributed by atoms with Gasteiger partial charge in [-0.25, -0.2) is 0 Å². The van der Waals surface area contributed by atoms with Crippen LogP contribution in [0.2, 0.25) is 0 Å². The molecule has 2 heterocycles. The Morgan fingerprint density at radius 1 is 1.44 bits per heavy atom. The molecule has 2 fully saturated rings. The Kier molecular flexibility index (Phi) is 3.29. The van der Waals surface area contributed by atoms with Gasteiger partial charge in [0.25, 0.3) is 0 Å². The number of thioether (sulfide) groups is 1. The Bertz CT molecular complexity index is 464. The lowest BCUT2D eigenvalue weighted by Gasteiger charge is -2.21. The van der Waals surface area contributed by atoms with Crippen LogP contribution < -0.4 is 5.32 Å². The molecule has 96 valence electrons. The zero-order valence-electron chi connectivity index (χ0n) is 10.8. The number of aryl methyl sites for hydroxylation is 1. The zero-order chi connectivity index (χ0) is 12.4. The summed E-state index contributed by atoms with van der Waals surface area (Å²) in [5.41, 5.74) is 2.86. The van der Waals surface area contributed by atoms with E-state index in [-0.39, 0.29) is 0 Å². The average molecular weight is 261 g/mol. The second-order valence-electron chi connectivity index (χ2n) is 5.32. The third kappa shape index (κ3) is 2.39. The summed E-state index contributed by atoms with van der Waals surface area (Å²) >= 11 is 1.88. The van der Waals surface area contributed by atoms with Crippen LogP contribution >= 0.6 is 11.8 Å². The standard InChI is InChI=1S/C14H19N3S/c1-11-4-7-15-8-12(11)9-16-13-17-14(10-18-13)5-2-3-6-14/h4,7-8H,2-3,5-6,9-10H2,1H3,(H,16,17). The maximum atomic E-state index is 4.70. The van der Waals surface area contributed by atoms with Crippen molar-refractivity contribution < 1.29 is 0 Å². The van der Waals surface area contributed by atoms with Gasteiger partial charge in [0, 0.05) is 23.7 Å². The molecule has 1 aliphatic carbocycles. The van der Waals surface area contributed by atoms with Crippen molar-refractivity contribution in [3.63, 3.8) is 0 Å². The van der Waals surface area contributed by atoms with E-state index < -0.39 is 0 Å². The molecule has 4 heteroatoms. The van der Waals surface area contributed by atoms with E-state index in [2.05, 4.69) is 17.2 Å². The summed E-state index contributed by atoms with van der Waals surface area (Å²) in [6, 6.07) is 2.04. The monoisotopic (exact) mass is 261 g/mol. The van der Waals surface area contributed by atoms with Gasteiger partial charge in [0.1, 0.15) is 0 Å². The van der Waals surface area contributed by atoms with Crippen LogP contribution in [0, 0.1) is 6.92 Å². The minimum Gasteiger partial charge on any atom is -0.359 e. The van der Waals surface area contributed by atoms with Crippen LogP contribution in [0.15, 0.2) is 23.5 Å². The van der Waals surface area contributed by atoms with E-state index in [0.717, 1.165) is 11.7 Å². The van der Waals surface area contributed by atoms with Crippen molar-refractivity contribution in [2.45, 2.75) is 44.7 Å². The number of hydrogen-bond donors (Lipinski definition) is 1. The first-order chi connectivity index (χ1) is 8.77. The number of amidine groups is 1. The van der Waals surface area contributed by atoms with Crippen molar-refractivity contribution >= 4 is 16.9 Å². The summed E-state index contributed by atoms with van der Waals surface area (Å²) in [6.45, 7) is 2.86. The normalized spacial score (nSPS) is 23.7. The number of aromatic nitrogens is 1. The molecule has 1 spiro atoms. The maximum absolute atomic E-state index is 4.70. The van der Waals surface area contributed by atoms with Gasteiger partial charge in [-0.2, -0.15) is 0 Å². The van der Waals surface area contributed by atoms with E-state index in [0.29, 0.717) is 5.54 Å². The fourth-order valence-corrected chi connectivity index (χ4v) is 3.95. The number of nitrogens with zero attached hydrogens (tertiary/aromatic N) is 2. The summed E-state index contributed by atoms with van der Waals surface area (Å²) in [7, 11) is 0. The number of rotatable bonds is 2. The highest BCUT2D eigenvalue weighted by atomic mass is 32.2. The molecule has 3 nitrogen and oxygen atoms in total. The van der Waals surface area contributed by atoms with Gasteiger partial charge in [0.2, 0.25) is 0 Å². The molecule has 0 unspecified atom stereocenters. The minimum absolute atomic E-state index is 0.369. The Morgan fingerprint density at radius 3 is 3.06 bits per heavy atom. The lowest BCUT2D eigenvalue weighted by atomic mass is 10.0. The average Bonchev–Trinajstić information content (AvgIpc) is 3.00. The van der Waals surface area contributed by atoms with Gasteiger partial charge in [-0.15, -0.1) is 0 Å². The molecule has 0 radical (unpaired) electrons. The molecule has 2 aliphatic rings. The first kappa shape index (κ1) is 12.0. The van der Waals surface area contributed by atoms with E-state index >= 15 is 0 Å². The minimum atomic E-state index is 0.369. The van der Waals surface area contributed by atoms with Crippen LogP contribution in [0.5, 0.6) is 0 Å². The molecule has 1 aromatic rings. The quantitative estimate of drug-likeness (QED) is 0.889. The number of aliphatic imine (C=N–C) groups is 1. The van der Waals surface area contributed by atoms with Gasteiger partial charge in [0.05, 0.1) is 6.54 Å². The zero-order valence-corrected chi connectivity index (χ0v) is 11.6. The van der Waals surface area contributed by atoms with E-state index in [4.69, 9.17) is 4.99 Å². The molecule has 0 aromatic carbocycles. The number of pyridine rings is 1. The van der Waals surface area contributed by atoms with Gasteiger partial charge < -0.3 is 5.32 Å². The summed E-state index contributed by atoms with van der Waals surface area (Å²) in [5, 5.41) is 4.77. The van der Waals surface area contributed by atoms with Gasteiger partial charge in [-0.3, -0.25) is 9.98 Å². The lowest BCUT2D eigenvalue weighted by molar-refractivity contribution is 0.452. The third-order valence-electron chi connectivity index (χ3n) is 3.96. The summed E-state index contributed by atoms with van der Waals surface area (Å²) in [4.78, 5) is 8.87. The molecule has 3 rings (SSSR count). The third-order valence-corrected chi connectivity index (χ3v) is 5.16. The fourth-order valence-electron chi connectivity index (χ4n) is 2.73. The number of nitrogens with one attached hydrogen (secondary N) is 1. The predicted octanol–water partition coefficient (Wildman–Crippen LogP) is 2.90. The first-order valence-electron chi connectivity index (χ1n) is 6.62. The van der Waals surface area contributed by atoms with E-state index in [1.807, 2.05) is 30.2 Å². The SMILES string of the molecule is Cc1ccncc1CN=C1NC2(CCCC2)CS1. The molecule has 0 amide bonds. The molecule has 0 bridgehead atoms. The lowest BCUT2D eigenvalue weighted by Crippen LogP contribution is -2.40. The molecule has 1 N–H and O–H groups in total. The van der Waals surface area contributed by atoms with Crippen LogP contribution in [0.3, 0.4) is 0 Å². The summed E-state index contributed by atoms with van der Waals surface area (Å²) in [6.07, 6.45) is 9.10. The van der Waals surface area contributed by atoms with Crippen molar-refractivity contribution in [2.24, 2.45) is 4.99 Å². The molecular formula is C14H19N3S. The van der Waals surface area contributed by atoms with Crippen molar-refractivity contribution in [3.05, 3.63) is 29.6 Å². The van der Waals surface area contributed by atoms with Crippen LogP contribution in [0.1, 0.15) is 36.8 Å². The van der Waals surface area contributed by atoms with Crippen molar-refractivity contribution in [2.75, 3.05) is 5.75 Å². The van der Waals surface area contributed by atoms with E-state index in [1.54, 1.807) is 0 Å². The summed E-state index contributed by atoms with van der Waals surface area (Å²) < 4.78 is 0. The molecule has 1 saturated heterocycles. The van der Waals surface area contributed by atoms with Crippen LogP contribution in [0.25, 0.3) is 0 Å². The van der Waals surface area contributed by atoms with Crippen molar-refractivity contribution in [1.29, 1.82) is 0 Å². The Labute approximate surface area is 112 Å². The maximum Gasteiger partial charge on any atom is 0.157 e. The van der Waals surface area contributed by atoms with Gasteiger partial charge in [-0.1, -0.05) is 24.6 Å². The van der Waals surface area contributed by atoms with Crippen LogP contribution in [-0.2, 0) is 6.54 Å². The smallest absolute Gasteiger partial charge is 0.157 e. The molecule has 1 aromatic heterocycles. The molecule has 1 aliphatic heterocycles. The second-order valence-corrected chi connectivity index (χ2v) is 6.29. The van der Waals surface area contributed by atoms with E-state index in [1.165, 1.54) is 42.6 Å². The highest BCUT2D eigenvalue weighted by Crippen LogP contribution is 2.37. The van der Waals surface area contributed by atoms with Gasteiger partial charge in [0.15, 0.2) is 5.17 Å². The first-order valence-corrected chi connectivity index (χ1v) is 7.61. The summed E-state index contributed by atoms with van der Waals surface area (Å²) in [5.74, 6) is 1.19. The van der Waals surface area contributed by atoms with Gasteiger partial charge >= 0.3 is 0 Å². The van der Waals surface area contributed by atoms with Crippen molar-refractivity contribution in [3.8, 4) is 0 Å². The largest absolute Gasteiger partial charge is 0.359 e. The highest BCUT2D eigenvalue weighted by molar-refractivity contribution is 8.14. The predicted molar refractivity (Wildman–Crippen MR) is 76.9 cm³/mol. The second kappa shape index (κ2) is 4.92. The highest BCUT2D eigenvalue weighted by Gasteiger charge is 2.39. The fraction of sp³-hybridized carbons (Fsp3) is 0.571. The molecule has 18 heavy (non-hydrogen) atoms.